The highest BCUT2D eigenvalue weighted by atomic mass is 16.6. The fraction of sp³-hybridized carbons (Fsp3) is 0.211. The first kappa shape index (κ1) is 19.6. The molecular formula is C19H17N5O5. The van der Waals surface area contributed by atoms with Crippen LogP contribution >= 0.6 is 0 Å². The maximum absolute atomic E-state index is 12.4. The zero-order chi connectivity index (χ0) is 20.8. The van der Waals surface area contributed by atoms with E-state index in [2.05, 4.69) is 5.32 Å². The summed E-state index contributed by atoms with van der Waals surface area (Å²) < 4.78 is 5.11. The Morgan fingerprint density at radius 1 is 1.17 bits per heavy atom. The molecule has 0 bridgehead atoms. The zero-order valence-electron chi connectivity index (χ0n) is 15.3. The van der Waals surface area contributed by atoms with Gasteiger partial charge >= 0.3 is 0 Å². The van der Waals surface area contributed by atoms with Gasteiger partial charge in [-0.2, -0.15) is 5.26 Å². The van der Waals surface area contributed by atoms with E-state index in [0.29, 0.717) is 26.2 Å². The van der Waals surface area contributed by atoms with Crippen LogP contribution in [0.2, 0.25) is 0 Å². The molecule has 0 aliphatic carbocycles. The summed E-state index contributed by atoms with van der Waals surface area (Å²) in [6, 6.07) is 10.7. The molecule has 10 nitrogen and oxygen atoms in total. The third-order valence-corrected chi connectivity index (χ3v) is 4.36. The molecule has 10 heteroatoms. The van der Waals surface area contributed by atoms with E-state index in [1.165, 1.54) is 30.7 Å². The minimum Gasteiger partial charge on any atom is -0.459 e. The molecule has 2 amide bonds. The van der Waals surface area contributed by atoms with E-state index >= 15 is 0 Å². The number of carbonyl (C=O) groups is 2. The van der Waals surface area contributed by atoms with Crippen molar-refractivity contribution >= 4 is 23.2 Å². The Morgan fingerprint density at radius 3 is 2.52 bits per heavy atom. The third-order valence-electron chi connectivity index (χ3n) is 4.36. The summed E-state index contributed by atoms with van der Waals surface area (Å²) in [5, 5.41) is 22.8. The molecule has 1 saturated heterocycles. The second kappa shape index (κ2) is 8.71. The summed E-state index contributed by atoms with van der Waals surface area (Å²) in [5.74, 6) is -0.695. The monoisotopic (exact) mass is 395 g/mol. The predicted molar refractivity (Wildman–Crippen MR) is 102 cm³/mol. The number of hydrogen-bond donors (Lipinski definition) is 1. The summed E-state index contributed by atoms with van der Waals surface area (Å²) in [5.41, 5.74) is -0.435. The highest BCUT2D eigenvalue weighted by Crippen LogP contribution is 2.23. The van der Waals surface area contributed by atoms with Crippen LogP contribution in [0.5, 0.6) is 0 Å². The Hall–Kier alpha value is -4.13. The van der Waals surface area contributed by atoms with Crippen molar-refractivity contribution in [3.8, 4) is 6.07 Å². The number of nitrogens with one attached hydrogen (secondary N) is 1. The van der Waals surface area contributed by atoms with E-state index in [0.717, 1.165) is 0 Å². The number of anilines is 1. The molecule has 2 aromatic rings. The summed E-state index contributed by atoms with van der Waals surface area (Å²) in [4.78, 5) is 38.5. The quantitative estimate of drug-likeness (QED) is 0.354. The Balaban J connectivity index is 1.63. The van der Waals surface area contributed by atoms with Crippen molar-refractivity contribution in [1.29, 1.82) is 5.26 Å². The first-order chi connectivity index (χ1) is 14.0. The molecule has 1 aromatic heterocycles. The summed E-state index contributed by atoms with van der Waals surface area (Å²) in [7, 11) is 0. The number of benzene rings is 1. The molecule has 1 fully saturated rings. The number of nitriles is 1. The molecule has 1 aliphatic heterocycles. The number of carbonyl (C=O) groups excluding carboxylic acids is 2. The van der Waals surface area contributed by atoms with Gasteiger partial charge in [-0.1, -0.05) is 12.1 Å². The van der Waals surface area contributed by atoms with Gasteiger partial charge in [0.05, 0.1) is 11.2 Å². The van der Waals surface area contributed by atoms with Crippen LogP contribution in [0.1, 0.15) is 10.6 Å². The zero-order valence-corrected chi connectivity index (χ0v) is 15.3. The average Bonchev–Trinajstić information content (AvgIpc) is 3.27. The molecule has 0 unspecified atom stereocenters. The van der Waals surface area contributed by atoms with Crippen molar-refractivity contribution in [2.45, 2.75) is 0 Å². The van der Waals surface area contributed by atoms with Gasteiger partial charge in [-0.3, -0.25) is 19.7 Å². The van der Waals surface area contributed by atoms with Crippen molar-refractivity contribution in [1.82, 2.24) is 9.80 Å². The standard InChI is InChI=1S/C19H17N5O5/c20-12-14(18(25)21-15-4-1-2-5-16(15)24(27)28)13-22-7-9-23(10-8-22)19(26)17-6-3-11-29-17/h1-6,11,13H,7-10H2,(H,21,25)/b14-13-. The van der Waals surface area contributed by atoms with Gasteiger partial charge < -0.3 is 19.5 Å². The SMILES string of the molecule is N#C/C(=C/N1CCN(C(=O)c2ccco2)CC1)C(=O)Nc1ccccc1[N+](=O)[O-]. The molecule has 0 spiro atoms. The number of para-hydroxylation sites is 2. The molecule has 148 valence electrons. The van der Waals surface area contributed by atoms with Gasteiger partial charge in [0.25, 0.3) is 17.5 Å². The van der Waals surface area contributed by atoms with Crippen LogP contribution in [-0.2, 0) is 4.79 Å². The van der Waals surface area contributed by atoms with Crippen LogP contribution in [0, 0.1) is 21.4 Å². The first-order valence-corrected chi connectivity index (χ1v) is 8.73. The molecule has 1 aromatic carbocycles. The number of furan rings is 1. The van der Waals surface area contributed by atoms with Crippen LogP contribution in [0.15, 0.2) is 58.9 Å². The lowest BCUT2D eigenvalue weighted by atomic mass is 10.2. The van der Waals surface area contributed by atoms with Crippen LogP contribution in [-0.4, -0.2) is 52.7 Å². The van der Waals surface area contributed by atoms with E-state index in [1.54, 1.807) is 28.0 Å². The van der Waals surface area contributed by atoms with Crippen LogP contribution < -0.4 is 5.32 Å². The highest BCUT2D eigenvalue weighted by molar-refractivity contribution is 6.07. The maximum atomic E-state index is 12.4. The van der Waals surface area contributed by atoms with Gasteiger partial charge in [-0.05, 0) is 18.2 Å². The molecule has 1 aliphatic rings. The number of hydrogen-bond acceptors (Lipinski definition) is 7. The molecule has 0 saturated carbocycles. The number of amides is 2. The lowest BCUT2D eigenvalue weighted by molar-refractivity contribution is -0.383. The number of nitrogens with zero attached hydrogens (tertiary/aromatic N) is 4. The van der Waals surface area contributed by atoms with E-state index in [1.807, 2.05) is 6.07 Å². The smallest absolute Gasteiger partial charge is 0.292 e. The van der Waals surface area contributed by atoms with E-state index in [-0.39, 0.29) is 28.6 Å². The molecule has 0 radical (unpaired) electrons. The fourth-order valence-corrected chi connectivity index (χ4v) is 2.86. The largest absolute Gasteiger partial charge is 0.459 e. The third kappa shape index (κ3) is 4.59. The van der Waals surface area contributed by atoms with Crippen molar-refractivity contribution in [2.75, 3.05) is 31.5 Å². The molecule has 2 heterocycles. The van der Waals surface area contributed by atoms with Crippen molar-refractivity contribution in [2.24, 2.45) is 0 Å². The summed E-state index contributed by atoms with van der Waals surface area (Å²) in [6.45, 7) is 1.66. The molecular weight excluding hydrogens is 378 g/mol. The number of nitro benzene ring substituents is 1. The Kier molecular flexibility index (Phi) is 5.89. The van der Waals surface area contributed by atoms with Crippen molar-refractivity contribution < 1.29 is 18.9 Å². The number of rotatable bonds is 5. The van der Waals surface area contributed by atoms with Gasteiger partial charge in [-0.25, -0.2) is 0 Å². The lowest BCUT2D eigenvalue weighted by Crippen LogP contribution is -2.47. The Labute approximate surface area is 165 Å². The topological polar surface area (TPSA) is 133 Å². The van der Waals surface area contributed by atoms with Gasteiger partial charge in [0, 0.05) is 38.4 Å². The predicted octanol–water partition coefficient (Wildman–Crippen LogP) is 1.99. The van der Waals surface area contributed by atoms with Crippen LogP contribution in [0.25, 0.3) is 0 Å². The van der Waals surface area contributed by atoms with Gasteiger partial charge in [0.1, 0.15) is 17.3 Å². The second-order valence-corrected chi connectivity index (χ2v) is 6.19. The van der Waals surface area contributed by atoms with Crippen molar-refractivity contribution in [3.05, 3.63) is 70.3 Å². The fourth-order valence-electron chi connectivity index (χ4n) is 2.86. The van der Waals surface area contributed by atoms with Gasteiger partial charge in [-0.15, -0.1) is 0 Å². The lowest BCUT2D eigenvalue weighted by Gasteiger charge is -2.33. The highest BCUT2D eigenvalue weighted by Gasteiger charge is 2.24. The van der Waals surface area contributed by atoms with Gasteiger partial charge in [0.15, 0.2) is 5.76 Å². The average molecular weight is 395 g/mol. The molecule has 0 atom stereocenters. The number of nitro groups is 1. The summed E-state index contributed by atoms with van der Waals surface area (Å²) in [6.07, 6.45) is 2.83. The second-order valence-electron chi connectivity index (χ2n) is 6.19. The Morgan fingerprint density at radius 2 is 1.90 bits per heavy atom. The van der Waals surface area contributed by atoms with Gasteiger partial charge in [0.2, 0.25) is 0 Å². The van der Waals surface area contributed by atoms with Crippen LogP contribution in [0.4, 0.5) is 11.4 Å². The Bertz CT molecular complexity index is 985. The van der Waals surface area contributed by atoms with Crippen LogP contribution in [0.3, 0.4) is 0 Å². The minimum atomic E-state index is -0.740. The number of piperazine rings is 1. The minimum absolute atomic E-state index is 0.0116. The van der Waals surface area contributed by atoms with E-state index in [9.17, 15) is 25.0 Å². The molecule has 1 N–H and O–H groups in total. The van der Waals surface area contributed by atoms with Crippen molar-refractivity contribution in [3.63, 3.8) is 0 Å². The molecule has 29 heavy (non-hydrogen) atoms. The first-order valence-electron chi connectivity index (χ1n) is 8.73. The van der Waals surface area contributed by atoms with E-state index < -0.39 is 10.8 Å². The maximum Gasteiger partial charge on any atom is 0.292 e. The summed E-state index contributed by atoms with van der Waals surface area (Å²) >= 11 is 0. The molecule has 3 rings (SSSR count). The normalized spacial score (nSPS) is 14.2. The van der Waals surface area contributed by atoms with E-state index in [4.69, 9.17) is 4.42 Å².